The molecule has 0 aliphatic carbocycles. The number of aliphatic hydroxyl groups is 1. The summed E-state index contributed by atoms with van der Waals surface area (Å²) in [5.74, 6) is -0.332. The molecule has 0 saturated carbocycles. The van der Waals surface area contributed by atoms with Gasteiger partial charge in [-0.1, -0.05) is 42.5 Å². The summed E-state index contributed by atoms with van der Waals surface area (Å²) in [5.41, 5.74) is 6.28. The van der Waals surface area contributed by atoms with E-state index in [-0.39, 0.29) is 5.82 Å². The van der Waals surface area contributed by atoms with Crippen molar-refractivity contribution in [1.82, 2.24) is 0 Å². The van der Waals surface area contributed by atoms with Crippen LogP contribution in [0, 0.1) is 5.82 Å². The van der Waals surface area contributed by atoms with Gasteiger partial charge in [-0.2, -0.15) is 0 Å². The topological polar surface area (TPSA) is 46.2 Å². The Morgan fingerprint density at radius 2 is 1.84 bits per heavy atom. The summed E-state index contributed by atoms with van der Waals surface area (Å²) in [4.78, 5) is 0. The second-order valence-electron chi connectivity index (χ2n) is 4.87. The van der Waals surface area contributed by atoms with Gasteiger partial charge in [0.25, 0.3) is 0 Å². The van der Waals surface area contributed by atoms with Gasteiger partial charge < -0.3 is 10.8 Å². The van der Waals surface area contributed by atoms with E-state index in [0.717, 1.165) is 5.56 Å². The van der Waals surface area contributed by atoms with Crippen molar-refractivity contribution in [3.8, 4) is 11.1 Å². The first kappa shape index (κ1) is 13.7. The Hall–Kier alpha value is -1.71. The highest BCUT2D eigenvalue weighted by Gasteiger charge is 2.23. The largest absolute Gasteiger partial charge is 0.385 e. The SMILES string of the molecule is CC(O)(CCN)c1ccc(-c2ccccc2)c(F)c1. The summed E-state index contributed by atoms with van der Waals surface area (Å²) in [6.45, 7) is 2.01. The summed E-state index contributed by atoms with van der Waals surface area (Å²) < 4.78 is 14.2. The van der Waals surface area contributed by atoms with Crippen LogP contribution in [0.4, 0.5) is 4.39 Å². The Morgan fingerprint density at radius 3 is 2.42 bits per heavy atom. The summed E-state index contributed by atoms with van der Waals surface area (Å²) in [6.07, 6.45) is 0.400. The quantitative estimate of drug-likeness (QED) is 0.886. The smallest absolute Gasteiger partial charge is 0.131 e. The number of hydrogen-bond acceptors (Lipinski definition) is 2. The summed E-state index contributed by atoms with van der Waals surface area (Å²) in [6, 6.07) is 14.2. The maximum Gasteiger partial charge on any atom is 0.131 e. The number of hydrogen-bond donors (Lipinski definition) is 2. The first-order valence-corrected chi connectivity index (χ1v) is 6.32. The van der Waals surface area contributed by atoms with E-state index in [4.69, 9.17) is 5.73 Å². The molecule has 100 valence electrons. The van der Waals surface area contributed by atoms with Gasteiger partial charge in [0.1, 0.15) is 5.82 Å². The molecule has 0 aliphatic heterocycles. The molecule has 2 rings (SSSR count). The van der Waals surface area contributed by atoms with E-state index in [9.17, 15) is 9.50 Å². The lowest BCUT2D eigenvalue weighted by molar-refractivity contribution is 0.0501. The highest BCUT2D eigenvalue weighted by molar-refractivity contribution is 5.64. The van der Waals surface area contributed by atoms with Gasteiger partial charge in [-0.25, -0.2) is 4.39 Å². The van der Waals surface area contributed by atoms with Crippen molar-refractivity contribution in [2.24, 2.45) is 5.73 Å². The molecule has 19 heavy (non-hydrogen) atoms. The van der Waals surface area contributed by atoms with E-state index in [2.05, 4.69) is 0 Å². The lowest BCUT2D eigenvalue weighted by Crippen LogP contribution is -2.25. The molecule has 0 bridgehead atoms. The van der Waals surface area contributed by atoms with Gasteiger partial charge in [0.2, 0.25) is 0 Å². The average molecular weight is 259 g/mol. The zero-order valence-corrected chi connectivity index (χ0v) is 10.9. The molecule has 1 atom stereocenters. The maximum absolute atomic E-state index is 14.2. The van der Waals surface area contributed by atoms with E-state index in [1.807, 2.05) is 30.3 Å². The Labute approximate surface area is 112 Å². The number of rotatable bonds is 4. The predicted octanol–water partition coefficient (Wildman–Crippen LogP) is 3.05. The van der Waals surface area contributed by atoms with Crippen molar-refractivity contribution in [1.29, 1.82) is 0 Å². The van der Waals surface area contributed by atoms with Crippen molar-refractivity contribution in [2.75, 3.05) is 6.54 Å². The van der Waals surface area contributed by atoms with Crippen molar-refractivity contribution < 1.29 is 9.50 Å². The molecule has 0 aliphatic rings. The van der Waals surface area contributed by atoms with Crippen molar-refractivity contribution >= 4 is 0 Å². The fourth-order valence-corrected chi connectivity index (χ4v) is 2.13. The van der Waals surface area contributed by atoms with Gasteiger partial charge in [-0.05, 0) is 37.1 Å². The molecule has 0 aromatic heterocycles. The zero-order valence-electron chi connectivity index (χ0n) is 10.9. The lowest BCUT2D eigenvalue weighted by atomic mass is 9.91. The van der Waals surface area contributed by atoms with Gasteiger partial charge in [0.15, 0.2) is 0 Å². The Balaban J connectivity index is 2.38. The van der Waals surface area contributed by atoms with Crippen LogP contribution in [0.2, 0.25) is 0 Å². The molecular weight excluding hydrogens is 241 g/mol. The molecule has 2 aromatic rings. The normalized spacial score (nSPS) is 14.1. The van der Waals surface area contributed by atoms with Gasteiger partial charge >= 0.3 is 0 Å². The number of benzene rings is 2. The fraction of sp³-hybridized carbons (Fsp3) is 0.250. The second-order valence-corrected chi connectivity index (χ2v) is 4.87. The monoisotopic (exact) mass is 259 g/mol. The van der Waals surface area contributed by atoms with E-state index in [0.29, 0.717) is 24.1 Å². The molecule has 0 heterocycles. The minimum atomic E-state index is -1.09. The number of nitrogens with two attached hydrogens (primary N) is 1. The molecule has 1 unspecified atom stereocenters. The van der Waals surface area contributed by atoms with Crippen LogP contribution in [0.25, 0.3) is 11.1 Å². The summed E-state index contributed by atoms with van der Waals surface area (Å²) >= 11 is 0. The summed E-state index contributed by atoms with van der Waals surface area (Å²) in [5, 5.41) is 10.2. The molecule has 0 fully saturated rings. The Kier molecular flexibility index (Phi) is 3.98. The average Bonchev–Trinajstić information content (AvgIpc) is 2.39. The first-order valence-electron chi connectivity index (χ1n) is 6.32. The molecular formula is C16H18FNO. The fourth-order valence-electron chi connectivity index (χ4n) is 2.13. The molecule has 0 spiro atoms. The van der Waals surface area contributed by atoms with Gasteiger partial charge in [-0.3, -0.25) is 0 Å². The molecule has 3 heteroatoms. The molecule has 0 radical (unpaired) electrons. The zero-order chi connectivity index (χ0) is 13.9. The minimum Gasteiger partial charge on any atom is -0.385 e. The van der Waals surface area contributed by atoms with Crippen molar-refractivity contribution in [3.05, 3.63) is 59.9 Å². The minimum absolute atomic E-state index is 0.332. The Morgan fingerprint density at radius 1 is 1.16 bits per heavy atom. The van der Waals surface area contributed by atoms with Crippen molar-refractivity contribution in [2.45, 2.75) is 18.9 Å². The maximum atomic E-state index is 14.2. The van der Waals surface area contributed by atoms with Crippen LogP contribution in [0.3, 0.4) is 0 Å². The van der Waals surface area contributed by atoms with E-state index < -0.39 is 5.60 Å². The third-order valence-corrected chi connectivity index (χ3v) is 3.31. The standard InChI is InChI=1S/C16H18FNO/c1-16(19,9-10-18)13-7-8-14(15(17)11-13)12-5-3-2-4-6-12/h2-8,11,19H,9-10,18H2,1H3. The third-order valence-electron chi connectivity index (χ3n) is 3.31. The Bertz CT molecular complexity index is 552. The van der Waals surface area contributed by atoms with Crippen LogP contribution in [0.15, 0.2) is 48.5 Å². The van der Waals surface area contributed by atoms with Crippen LogP contribution in [-0.4, -0.2) is 11.7 Å². The van der Waals surface area contributed by atoms with Crippen LogP contribution < -0.4 is 5.73 Å². The molecule has 2 nitrogen and oxygen atoms in total. The predicted molar refractivity (Wildman–Crippen MR) is 75.1 cm³/mol. The van der Waals surface area contributed by atoms with Gasteiger partial charge in [0, 0.05) is 5.56 Å². The van der Waals surface area contributed by atoms with Crippen LogP contribution in [0.5, 0.6) is 0 Å². The van der Waals surface area contributed by atoms with Crippen molar-refractivity contribution in [3.63, 3.8) is 0 Å². The first-order chi connectivity index (χ1) is 9.04. The van der Waals surface area contributed by atoms with Crippen LogP contribution in [-0.2, 0) is 5.60 Å². The van der Waals surface area contributed by atoms with E-state index in [1.54, 1.807) is 19.1 Å². The number of halogens is 1. The van der Waals surface area contributed by atoms with Crippen LogP contribution >= 0.6 is 0 Å². The molecule has 3 N–H and O–H groups in total. The van der Waals surface area contributed by atoms with E-state index in [1.165, 1.54) is 6.07 Å². The molecule has 2 aromatic carbocycles. The van der Waals surface area contributed by atoms with Gasteiger partial charge in [0.05, 0.1) is 5.60 Å². The third kappa shape index (κ3) is 3.00. The molecule has 0 saturated heterocycles. The second kappa shape index (κ2) is 5.51. The lowest BCUT2D eigenvalue weighted by Gasteiger charge is -2.23. The van der Waals surface area contributed by atoms with Gasteiger partial charge in [-0.15, -0.1) is 0 Å². The molecule has 0 amide bonds. The van der Waals surface area contributed by atoms with E-state index >= 15 is 0 Å². The highest BCUT2D eigenvalue weighted by atomic mass is 19.1. The van der Waals surface area contributed by atoms with Crippen LogP contribution in [0.1, 0.15) is 18.9 Å². The highest BCUT2D eigenvalue weighted by Crippen LogP contribution is 2.29. The summed E-state index contributed by atoms with van der Waals surface area (Å²) in [7, 11) is 0.